The maximum Gasteiger partial charge on any atom is 0.191 e. The minimum Gasteiger partial charge on any atom is -0.497 e. The molecule has 2 N–H and O–H groups in total. The lowest BCUT2D eigenvalue weighted by molar-refractivity contribution is 0.0646. The summed E-state index contributed by atoms with van der Waals surface area (Å²) in [7, 11) is 5.05. The van der Waals surface area contributed by atoms with Gasteiger partial charge >= 0.3 is 0 Å². The first-order chi connectivity index (χ1) is 13.7. The normalized spacial score (nSPS) is 11.9. The zero-order chi connectivity index (χ0) is 20.2. The molecule has 0 aliphatic carbocycles. The van der Waals surface area contributed by atoms with Gasteiger partial charge in [0.1, 0.15) is 11.5 Å². The van der Waals surface area contributed by atoms with Crippen molar-refractivity contribution in [2.24, 2.45) is 4.99 Å². The number of nitrogens with one attached hydrogen (secondary N) is 2. The standard InChI is InChI=1S/C22H31N3O3.HI/c1-17(18-9-6-5-7-10-18)28-14-8-13-24-22(23-2)25-16-19-11-12-20(26-3)15-21(19)27-4;/h5-7,9-12,15,17H,8,13-14,16H2,1-4H3,(H2,23,24,25);1H. The molecule has 2 aromatic carbocycles. The molecule has 6 nitrogen and oxygen atoms in total. The number of hydrogen-bond acceptors (Lipinski definition) is 4. The fraction of sp³-hybridized carbons (Fsp3) is 0.409. The van der Waals surface area contributed by atoms with Crippen LogP contribution in [0.5, 0.6) is 11.5 Å². The summed E-state index contributed by atoms with van der Waals surface area (Å²) >= 11 is 0. The van der Waals surface area contributed by atoms with Crippen LogP contribution in [0.25, 0.3) is 0 Å². The highest BCUT2D eigenvalue weighted by atomic mass is 127. The van der Waals surface area contributed by atoms with Gasteiger partial charge in [0.05, 0.1) is 20.3 Å². The Balaban J connectivity index is 0.00000420. The lowest BCUT2D eigenvalue weighted by atomic mass is 10.1. The van der Waals surface area contributed by atoms with Crippen LogP contribution in [0.1, 0.15) is 30.6 Å². The van der Waals surface area contributed by atoms with E-state index in [4.69, 9.17) is 14.2 Å². The van der Waals surface area contributed by atoms with Crippen molar-refractivity contribution in [2.45, 2.75) is 26.0 Å². The SMILES string of the molecule is CN=C(NCCCOC(C)c1ccccc1)NCc1ccc(OC)cc1OC.I. The largest absolute Gasteiger partial charge is 0.497 e. The third kappa shape index (κ3) is 8.49. The first-order valence-corrected chi connectivity index (χ1v) is 9.50. The molecular weight excluding hydrogens is 481 g/mol. The van der Waals surface area contributed by atoms with Crippen LogP contribution in [0.4, 0.5) is 0 Å². The fourth-order valence-electron chi connectivity index (χ4n) is 2.76. The number of halogens is 1. The molecule has 0 aromatic heterocycles. The summed E-state index contributed by atoms with van der Waals surface area (Å²) in [4.78, 5) is 4.26. The number of guanidine groups is 1. The van der Waals surface area contributed by atoms with E-state index in [1.54, 1.807) is 21.3 Å². The fourth-order valence-corrected chi connectivity index (χ4v) is 2.76. The van der Waals surface area contributed by atoms with Gasteiger partial charge < -0.3 is 24.8 Å². The Morgan fingerprint density at radius 1 is 1.03 bits per heavy atom. The minimum atomic E-state index is 0. The Hall–Kier alpha value is -2.00. The highest BCUT2D eigenvalue weighted by Crippen LogP contribution is 2.24. The first-order valence-electron chi connectivity index (χ1n) is 9.50. The van der Waals surface area contributed by atoms with Crippen LogP contribution in [0.3, 0.4) is 0 Å². The van der Waals surface area contributed by atoms with Crippen molar-refractivity contribution in [1.82, 2.24) is 10.6 Å². The molecule has 7 heteroatoms. The first kappa shape index (κ1) is 25.0. The molecule has 0 bridgehead atoms. The van der Waals surface area contributed by atoms with Crippen molar-refractivity contribution < 1.29 is 14.2 Å². The summed E-state index contributed by atoms with van der Waals surface area (Å²) < 4.78 is 16.6. The molecule has 0 saturated heterocycles. The number of nitrogens with zero attached hydrogens (tertiary/aromatic N) is 1. The summed E-state index contributed by atoms with van der Waals surface area (Å²) in [6, 6.07) is 16.0. The molecule has 0 spiro atoms. The minimum absolute atomic E-state index is 0. The van der Waals surface area contributed by atoms with E-state index in [1.807, 2.05) is 36.4 Å². The van der Waals surface area contributed by atoms with E-state index in [-0.39, 0.29) is 30.1 Å². The lowest BCUT2D eigenvalue weighted by Gasteiger charge is -2.16. The van der Waals surface area contributed by atoms with Gasteiger partial charge in [0.2, 0.25) is 0 Å². The third-order valence-corrected chi connectivity index (χ3v) is 4.41. The van der Waals surface area contributed by atoms with E-state index in [1.165, 1.54) is 5.56 Å². The Morgan fingerprint density at radius 2 is 1.79 bits per heavy atom. The van der Waals surface area contributed by atoms with Gasteiger partial charge in [-0.15, -0.1) is 24.0 Å². The number of methoxy groups -OCH3 is 2. The maximum absolute atomic E-state index is 5.90. The zero-order valence-electron chi connectivity index (χ0n) is 17.6. The van der Waals surface area contributed by atoms with Gasteiger partial charge in [-0.2, -0.15) is 0 Å². The van der Waals surface area contributed by atoms with Crippen LogP contribution < -0.4 is 20.1 Å². The molecule has 0 radical (unpaired) electrons. The van der Waals surface area contributed by atoms with Crippen molar-refractivity contribution >= 4 is 29.9 Å². The average Bonchev–Trinajstić information content (AvgIpc) is 2.75. The molecule has 160 valence electrons. The topological polar surface area (TPSA) is 64.1 Å². The summed E-state index contributed by atoms with van der Waals surface area (Å²) in [5.74, 6) is 2.30. The van der Waals surface area contributed by atoms with Crippen LogP contribution in [-0.4, -0.2) is 40.4 Å². The molecule has 0 amide bonds. The molecule has 0 heterocycles. The Bertz CT molecular complexity index is 741. The van der Waals surface area contributed by atoms with Crippen molar-refractivity contribution in [2.75, 3.05) is 34.4 Å². The lowest BCUT2D eigenvalue weighted by Crippen LogP contribution is -2.37. The molecule has 1 atom stereocenters. The van der Waals surface area contributed by atoms with E-state index < -0.39 is 0 Å². The van der Waals surface area contributed by atoms with Gasteiger partial charge in [-0.1, -0.05) is 30.3 Å². The zero-order valence-corrected chi connectivity index (χ0v) is 19.9. The predicted molar refractivity (Wildman–Crippen MR) is 129 cm³/mol. The van der Waals surface area contributed by atoms with E-state index in [9.17, 15) is 0 Å². The van der Waals surface area contributed by atoms with Crippen LogP contribution in [0.2, 0.25) is 0 Å². The Labute approximate surface area is 191 Å². The second-order valence-corrected chi connectivity index (χ2v) is 6.31. The third-order valence-electron chi connectivity index (χ3n) is 4.41. The van der Waals surface area contributed by atoms with Crippen molar-refractivity contribution in [3.8, 4) is 11.5 Å². The van der Waals surface area contributed by atoms with E-state index in [0.717, 1.165) is 36.0 Å². The van der Waals surface area contributed by atoms with Gasteiger partial charge in [-0.3, -0.25) is 4.99 Å². The molecule has 0 saturated carbocycles. The summed E-state index contributed by atoms with van der Waals surface area (Å²) in [5, 5.41) is 6.61. The number of rotatable bonds is 10. The van der Waals surface area contributed by atoms with E-state index in [2.05, 4.69) is 34.7 Å². The number of ether oxygens (including phenoxy) is 3. The van der Waals surface area contributed by atoms with Crippen LogP contribution in [-0.2, 0) is 11.3 Å². The molecule has 1 unspecified atom stereocenters. The number of hydrogen-bond donors (Lipinski definition) is 2. The predicted octanol–water partition coefficient (Wildman–Crippen LogP) is 4.15. The summed E-state index contributed by atoms with van der Waals surface area (Å²) in [5.41, 5.74) is 2.23. The van der Waals surface area contributed by atoms with Crippen molar-refractivity contribution in [3.05, 3.63) is 59.7 Å². The maximum atomic E-state index is 5.90. The molecule has 2 rings (SSSR count). The summed E-state index contributed by atoms with van der Waals surface area (Å²) in [6.45, 7) is 4.15. The van der Waals surface area contributed by atoms with Crippen LogP contribution in [0.15, 0.2) is 53.5 Å². The van der Waals surface area contributed by atoms with E-state index in [0.29, 0.717) is 13.2 Å². The molecule has 0 fully saturated rings. The quantitative estimate of drug-likeness (QED) is 0.216. The highest BCUT2D eigenvalue weighted by molar-refractivity contribution is 14.0. The van der Waals surface area contributed by atoms with Crippen molar-refractivity contribution in [3.63, 3.8) is 0 Å². The number of benzene rings is 2. The van der Waals surface area contributed by atoms with Crippen molar-refractivity contribution in [1.29, 1.82) is 0 Å². The summed E-state index contributed by atoms with van der Waals surface area (Å²) in [6.07, 6.45) is 0.991. The van der Waals surface area contributed by atoms with Gasteiger partial charge in [0, 0.05) is 38.4 Å². The smallest absolute Gasteiger partial charge is 0.191 e. The number of aliphatic imine (C=N–C) groups is 1. The second kappa shape index (κ2) is 14.1. The van der Waals surface area contributed by atoms with Gasteiger partial charge in [-0.25, -0.2) is 0 Å². The molecule has 0 aliphatic heterocycles. The molecule has 2 aromatic rings. The second-order valence-electron chi connectivity index (χ2n) is 6.31. The van der Waals surface area contributed by atoms with E-state index >= 15 is 0 Å². The van der Waals surface area contributed by atoms with Gasteiger partial charge in [0.15, 0.2) is 5.96 Å². The van der Waals surface area contributed by atoms with Gasteiger partial charge in [0.25, 0.3) is 0 Å². The highest BCUT2D eigenvalue weighted by Gasteiger charge is 2.07. The van der Waals surface area contributed by atoms with Crippen LogP contribution >= 0.6 is 24.0 Å². The monoisotopic (exact) mass is 513 g/mol. The average molecular weight is 513 g/mol. The molecule has 0 aliphatic rings. The van der Waals surface area contributed by atoms with Crippen LogP contribution in [0, 0.1) is 0 Å². The molecule has 29 heavy (non-hydrogen) atoms. The Morgan fingerprint density at radius 3 is 2.45 bits per heavy atom. The molecular formula is C22H32IN3O3. The Kier molecular flexibility index (Phi) is 12.1. The van der Waals surface area contributed by atoms with Gasteiger partial charge in [-0.05, 0) is 31.0 Å².